The lowest BCUT2D eigenvalue weighted by Gasteiger charge is -2.15. The van der Waals surface area contributed by atoms with Crippen LogP contribution in [0, 0.1) is 5.82 Å². The molecule has 2 rings (SSSR count). The summed E-state index contributed by atoms with van der Waals surface area (Å²) < 4.78 is 18.1. The van der Waals surface area contributed by atoms with Gasteiger partial charge in [-0.05, 0) is 50.5 Å². The summed E-state index contributed by atoms with van der Waals surface area (Å²) in [6.07, 6.45) is 0. The summed E-state index contributed by atoms with van der Waals surface area (Å²) in [6.45, 7) is -0.0109. The van der Waals surface area contributed by atoms with Crippen molar-refractivity contribution in [1.29, 1.82) is 0 Å². The van der Waals surface area contributed by atoms with Crippen molar-refractivity contribution in [1.82, 2.24) is 4.90 Å². The maximum Gasteiger partial charge on any atom is 0.203 e. The molecule has 0 bridgehead atoms. The molecule has 0 fully saturated rings. The highest BCUT2D eigenvalue weighted by molar-refractivity contribution is 6.00. The summed E-state index contributed by atoms with van der Waals surface area (Å²) in [7, 11) is 3.57. The van der Waals surface area contributed by atoms with Crippen LogP contribution in [0.1, 0.15) is 15.9 Å². The summed E-state index contributed by atoms with van der Waals surface area (Å²) in [5, 5.41) is 20.0. The molecule has 24 heavy (non-hydrogen) atoms. The molecule has 2 aromatic rings. The van der Waals surface area contributed by atoms with Crippen LogP contribution in [0.5, 0.6) is 17.2 Å². The van der Waals surface area contributed by atoms with Crippen molar-refractivity contribution in [3.05, 3.63) is 53.3 Å². The third-order valence-electron chi connectivity index (χ3n) is 3.22. The van der Waals surface area contributed by atoms with Gasteiger partial charge in [-0.1, -0.05) is 0 Å². The third kappa shape index (κ3) is 4.84. The van der Waals surface area contributed by atoms with Crippen molar-refractivity contribution in [2.24, 2.45) is 0 Å². The molecule has 7 heteroatoms. The fourth-order valence-corrected chi connectivity index (χ4v) is 2.08. The largest absolute Gasteiger partial charge is 0.507 e. The fraction of sp³-hybridized carbons (Fsp3) is 0.235. The van der Waals surface area contributed by atoms with Gasteiger partial charge in [0.1, 0.15) is 23.1 Å². The van der Waals surface area contributed by atoms with Crippen LogP contribution >= 0.6 is 12.4 Å². The van der Waals surface area contributed by atoms with Gasteiger partial charge >= 0.3 is 0 Å². The van der Waals surface area contributed by atoms with E-state index in [0.717, 1.165) is 0 Å². The minimum absolute atomic E-state index is 0. The molecule has 2 N–H and O–H groups in total. The topological polar surface area (TPSA) is 70.0 Å². The molecule has 5 nitrogen and oxygen atoms in total. The average molecular weight is 356 g/mol. The van der Waals surface area contributed by atoms with E-state index >= 15 is 0 Å². The van der Waals surface area contributed by atoms with Crippen molar-refractivity contribution in [3.8, 4) is 17.2 Å². The quantitative estimate of drug-likeness (QED) is 0.779. The van der Waals surface area contributed by atoms with E-state index in [1.54, 1.807) is 19.0 Å². The second-order valence-electron chi connectivity index (χ2n) is 5.36. The predicted octanol–water partition coefficient (Wildman–Crippen LogP) is 2.98. The molecule has 0 amide bonds. The van der Waals surface area contributed by atoms with E-state index in [1.165, 1.54) is 36.4 Å². The lowest BCUT2D eigenvalue weighted by molar-refractivity contribution is 0.0918. The Bertz CT molecular complexity index is 704. The molecular weight excluding hydrogens is 337 g/mol. The number of hydrogen-bond acceptors (Lipinski definition) is 5. The highest BCUT2D eigenvalue weighted by Crippen LogP contribution is 2.31. The summed E-state index contributed by atoms with van der Waals surface area (Å²) in [4.78, 5) is 14.0. The first kappa shape index (κ1) is 19.7. The highest BCUT2D eigenvalue weighted by atomic mass is 35.5. The number of carbonyl (C=O) groups is 1. The molecule has 0 aliphatic rings. The number of aromatic hydroxyl groups is 2. The number of phenols is 2. The average Bonchev–Trinajstić information content (AvgIpc) is 2.50. The maximum atomic E-state index is 12.8. The Hall–Kier alpha value is -2.31. The van der Waals surface area contributed by atoms with E-state index < -0.39 is 11.6 Å². The van der Waals surface area contributed by atoms with Crippen molar-refractivity contribution in [3.63, 3.8) is 0 Å². The zero-order valence-corrected chi connectivity index (χ0v) is 14.1. The number of ether oxygens (including phenoxy) is 1. The standard InChI is InChI=1S/C17H18FNO4.ClH/c1-19(2)9-14-15(20)8-7-13(17(14)22)16(21)10-23-12-5-3-11(18)4-6-12;/h3-8,20,22H,9-10H2,1-2H3;1H. The number of rotatable bonds is 6. The molecule has 130 valence electrons. The molecule has 0 saturated carbocycles. The van der Waals surface area contributed by atoms with Crippen LogP contribution in [-0.4, -0.2) is 41.6 Å². The molecule has 0 aromatic heterocycles. The monoisotopic (exact) mass is 355 g/mol. The van der Waals surface area contributed by atoms with Crippen LogP contribution in [0.2, 0.25) is 0 Å². The third-order valence-corrected chi connectivity index (χ3v) is 3.22. The van der Waals surface area contributed by atoms with Crippen LogP contribution in [0.3, 0.4) is 0 Å². The van der Waals surface area contributed by atoms with Gasteiger partial charge in [0.25, 0.3) is 0 Å². The van der Waals surface area contributed by atoms with Gasteiger partial charge in [0.05, 0.1) is 11.1 Å². The van der Waals surface area contributed by atoms with Crippen molar-refractivity contribution >= 4 is 18.2 Å². The van der Waals surface area contributed by atoms with E-state index in [9.17, 15) is 19.4 Å². The van der Waals surface area contributed by atoms with E-state index in [1.807, 2.05) is 0 Å². The number of benzene rings is 2. The zero-order valence-electron chi connectivity index (χ0n) is 13.3. The smallest absolute Gasteiger partial charge is 0.203 e. The van der Waals surface area contributed by atoms with Gasteiger partial charge in [-0.2, -0.15) is 0 Å². The van der Waals surface area contributed by atoms with Crippen LogP contribution in [-0.2, 0) is 6.54 Å². The van der Waals surface area contributed by atoms with Crippen molar-refractivity contribution in [2.75, 3.05) is 20.7 Å². The van der Waals surface area contributed by atoms with Gasteiger partial charge in [0.15, 0.2) is 6.61 Å². The van der Waals surface area contributed by atoms with Crippen LogP contribution in [0.4, 0.5) is 4.39 Å². The van der Waals surface area contributed by atoms with E-state index in [0.29, 0.717) is 5.75 Å². The molecular formula is C17H19ClFNO4. The Morgan fingerprint density at radius 3 is 2.33 bits per heavy atom. The molecule has 0 radical (unpaired) electrons. The lowest BCUT2D eigenvalue weighted by Crippen LogP contribution is -2.15. The van der Waals surface area contributed by atoms with E-state index in [-0.39, 0.29) is 48.2 Å². The normalized spacial score (nSPS) is 10.3. The summed E-state index contributed by atoms with van der Waals surface area (Å²) in [5.41, 5.74) is 0.351. The van der Waals surface area contributed by atoms with E-state index in [4.69, 9.17) is 4.74 Å². The molecule has 0 heterocycles. The molecule has 0 saturated heterocycles. The Balaban J connectivity index is 0.00000288. The highest BCUT2D eigenvalue weighted by Gasteiger charge is 2.18. The second kappa shape index (κ2) is 8.52. The number of nitrogens with zero attached hydrogens (tertiary/aromatic N) is 1. The number of ketones is 1. The number of carbonyl (C=O) groups excluding carboxylic acids is 1. The van der Waals surface area contributed by atoms with E-state index in [2.05, 4.69) is 0 Å². The number of phenolic OH excluding ortho intramolecular Hbond substituents is 2. The minimum atomic E-state index is -0.438. The molecule has 0 aliphatic carbocycles. The van der Waals surface area contributed by atoms with Crippen LogP contribution < -0.4 is 4.74 Å². The fourth-order valence-electron chi connectivity index (χ4n) is 2.08. The zero-order chi connectivity index (χ0) is 17.0. The molecule has 0 aliphatic heterocycles. The Morgan fingerprint density at radius 2 is 1.75 bits per heavy atom. The summed E-state index contributed by atoms with van der Waals surface area (Å²) in [5.74, 6) is -0.815. The SMILES string of the molecule is CN(C)Cc1c(O)ccc(C(=O)COc2ccc(F)cc2)c1O.Cl. The number of hydrogen-bond donors (Lipinski definition) is 2. The van der Waals surface area contributed by atoms with Crippen LogP contribution in [0.15, 0.2) is 36.4 Å². The van der Waals surface area contributed by atoms with Gasteiger partial charge in [-0.3, -0.25) is 4.79 Å². The molecule has 0 unspecified atom stereocenters. The minimum Gasteiger partial charge on any atom is -0.507 e. The first-order valence-corrected chi connectivity index (χ1v) is 6.98. The Kier molecular flexibility index (Phi) is 7.00. The Labute approximate surface area is 145 Å². The lowest BCUT2D eigenvalue weighted by atomic mass is 10.0. The van der Waals surface area contributed by atoms with Crippen molar-refractivity contribution in [2.45, 2.75) is 6.54 Å². The number of Topliss-reactive ketones (excluding diaryl/α,β-unsaturated/α-hetero) is 1. The summed E-state index contributed by atoms with van der Waals surface area (Å²) in [6, 6.07) is 8.00. The molecule has 0 spiro atoms. The molecule has 2 aromatic carbocycles. The maximum absolute atomic E-state index is 12.8. The van der Waals surface area contributed by atoms with Gasteiger partial charge in [0, 0.05) is 6.54 Å². The first-order chi connectivity index (χ1) is 10.9. The Morgan fingerprint density at radius 1 is 1.12 bits per heavy atom. The predicted molar refractivity (Wildman–Crippen MR) is 90.6 cm³/mol. The van der Waals surface area contributed by atoms with Crippen LogP contribution in [0.25, 0.3) is 0 Å². The second-order valence-corrected chi connectivity index (χ2v) is 5.36. The molecule has 0 atom stereocenters. The van der Waals surface area contributed by atoms with Gasteiger partial charge < -0.3 is 19.8 Å². The number of halogens is 2. The van der Waals surface area contributed by atoms with Gasteiger partial charge in [0.2, 0.25) is 5.78 Å². The van der Waals surface area contributed by atoms with Gasteiger partial charge in [-0.15, -0.1) is 12.4 Å². The summed E-state index contributed by atoms with van der Waals surface area (Å²) >= 11 is 0. The van der Waals surface area contributed by atoms with Crippen molar-refractivity contribution < 1.29 is 24.1 Å². The first-order valence-electron chi connectivity index (χ1n) is 6.98. The van der Waals surface area contributed by atoms with Gasteiger partial charge in [-0.25, -0.2) is 4.39 Å².